The fraction of sp³-hybridized carbons (Fsp3) is 0.120. The molecule has 0 unspecified atom stereocenters. The molecule has 0 amide bonds. The largest absolute Gasteiger partial charge is 0.493 e. The minimum Gasteiger partial charge on any atom is -0.493 e. The predicted molar refractivity (Wildman–Crippen MR) is 127 cm³/mol. The Balaban J connectivity index is 1.47. The number of ether oxygens (including phenoxy) is 2. The summed E-state index contributed by atoms with van der Waals surface area (Å²) >= 11 is 2.27. The number of hydrogen-bond donors (Lipinski definition) is 0. The first-order valence-corrected chi connectivity index (χ1v) is 10.7. The number of hydrogen-bond acceptors (Lipinski definition) is 4. The molecule has 3 aromatic carbocycles. The highest BCUT2D eigenvalue weighted by atomic mass is 127. The number of carbonyl (C=O) groups is 1. The highest BCUT2D eigenvalue weighted by Crippen LogP contribution is 2.23. The smallest absolute Gasteiger partial charge is 0.363 e. The van der Waals surface area contributed by atoms with Gasteiger partial charge in [-0.3, -0.25) is 0 Å². The summed E-state index contributed by atoms with van der Waals surface area (Å²) in [5, 5.41) is 0. The van der Waals surface area contributed by atoms with Crippen LogP contribution in [0.2, 0.25) is 0 Å². The van der Waals surface area contributed by atoms with Crippen molar-refractivity contribution in [2.45, 2.75) is 13.3 Å². The number of cyclic esters (lactones) is 1. The van der Waals surface area contributed by atoms with Crippen LogP contribution >= 0.6 is 22.6 Å². The number of aryl methyl sites for hydroxylation is 1. The minimum atomic E-state index is -0.448. The first-order valence-electron chi connectivity index (χ1n) is 9.64. The monoisotopic (exact) mass is 509 g/mol. The van der Waals surface area contributed by atoms with Crippen molar-refractivity contribution < 1.29 is 14.3 Å². The number of carbonyl (C=O) groups excluding carboxylic acids is 1. The molecule has 0 saturated heterocycles. The van der Waals surface area contributed by atoms with E-state index in [1.54, 1.807) is 6.08 Å². The lowest BCUT2D eigenvalue weighted by Crippen LogP contribution is -2.05. The van der Waals surface area contributed by atoms with Crippen LogP contribution in [-0.2, 0) is 16.0 Å². The SMILES string of the molecule is Cc1cc(C2=N/C(=C\c3cccc(OCCc4ccccc4)c3)C(=O)O2)ccc1I. The molecule has 30 heavy (non-hydrogen) atoms. The van der Waals surface area contributed by atoms with Crippen LogP contribution in [0.1, 0.15) is 22.3 Å². The Kier molecular flexibility index (Phi) is 6.28. The van der Waals surface area contributed by atoms with E-state index in [-0.39, 0.29) is 5.70 Å². The third-order valence-corrected chi connectivity index (χ3v) is 5.90. The number of benzene rings is 3. The second-order valence-electron chi connectivity index (χ2n) is 6.96. The molecular formula is C25H20INO3. The van der Waals surface area contributed by atoms with Crippen LogP contribution < -0.4 is 4.74 Å². The molecule has 0 bridgehead atoms. The molecule has 5 heteroatoms. The van der Waals surface area contributed by atoms with Gasteiger partial charge in [-0.25, -0.2) is 9.79 Å². The van der Waals surface area contributed by atoms with E-state index in [9.17, 15) is 4.79 Å². The summed E-state index contributed by atoms with van der Waals surface area (Å²) < 4.78 is 12.4. The molecule has 0 saturated carbocycles. The van der Waals surface area contributed by atoms with Gasteiger partial charge in [0.25, 0.3) is 0 Å². The van der Waals surface area contributed by atoms with E-state index in [4.69, 9.17) is 9.47 Å². The fourth-order valence-corrected chi connectivity index (χ4v) is 3.43. The van der Waals surface area contributed by atoms with Gasteiger partial charge in [0.15, 0.2) is 5.70 Å². The maximum atomic E-state index is 12.3. The molecule has 3 aromatic rings. The normalized spacial score (nSPS) is 14.5. The van der Waals surface area contributed by atoms with Crippen LogP contribution in [0.15, 0.2) is 83.5 Å². The van der Waals surface area contributed by atoms with Crippen LogP contribution in [0.25, 0.3) is 6.08 Å². The molecule has 4 nitrogen and oxygen atoms in total. The van der Waals surface area contributed by atoms with Crippen molar-refractivity contribution in [3.05, 3.63) is 104 Å². The van der Waals surface area contributed by atoms with Crippen LogP contribution in [0.3, 0.4) is 0 Å². The van der Waals surface area contributed by atoms with Crippen LogP contribution in [0.5, 0.6) is 5.75 Å². The summed E-state index contributed by atoms with van der Waals surface area (Å²) in [6.45, 7) is 2.60. The zero-order chi connectivity index (χ0) is 20.9. The maximum absolute atomic E-state index is 12.3. The number of nitrogens with zero attached hydrogens (tertiary/aromatic N) is 1. The molecule has 150 valence electrons. The lowest BCUT2D eigenvalue weighted by Gasteiger charge is -2.07. The van der Waals surface area contributed by atoms with Gasteiger partial charge >= 0.3 is 5.97 Å². The summed E-state index contributed by atoms with van der Waals surface area (Å²) in [7, 11) is 0. The van der Waals surface area contributed by atoms with Gasteiger partial charge in [-0.1, -0.05) is 42.5 Å². The Morgan fingerprint density at radius 1 is 1.03 bits per heavy atom. The van der Waals surface area contributed by atoms with E-state index in [1.165, 1.54) is 5.56 Å². The zero-order valence-corrected chi connectivity index (χ0v) is 18.6. The Morgan fingerprint density at radius 2 is 1.87 bits per heavy atom. The molecule has 0 aliphatic carbocycles. The van der Waals surface area contributed by atoms with Crippen molar-refractivity contribution in [2.75, 3.05) is 6.61 Å². The van der Waals surface area contributed by atoms with Crippen molar-refractivity contribution in [1.82, 2.24) is 0 Å². The highest BCUT2D eigenvalue weighted by Gasteiger charge is 2.24. The summed E-state index contributed by atoms with van der Waals surface area (Å²) in [5.41, 5.74) is 4.26. The molecule has 1 aliphatic heterocycles. The number of halogens is 1. The Labute approximate surface area is 189 Å². The molecule has 4 rings (SSSR count). The Hall–Kier alpha value is -2.93. The van der Waals surface area contributed by atoms with Crippen molar-refractivity contribution in [3.63, 3.8) is 0 Å². The van der Waals surface area contributed by atoms with Gasteiger partial charge in [-0.05, 0) is 82.6 Å². The second kappa shape index (κ2) is 9.26. The van der Waals surface area contributed by atoms with Crippen molar-refractivity contribution in [3.8, 4) is 5.75 Å². The predicted octanol–water partition coefficient (Wildman–Crippen LogP) is 5.57. The molecule has 1 heterocycles. The molecule has 0 aromatic heterocycles. The van der Waals surface area contributed by atoms with Crippen LogP contribution in [-0.4, -0.2) is 18.5 Å². The number of aliphatic imine (C=N–C) groups is 1. The maximum Gasteiger partial charge on any atom is 0.363 e. The molecule has 1 aliphatic rings. The van der Waals surface area contributed by atoms with Crippen molar-refractivity contribution in [1.29, 1.82) is 0 Å². The zero-order valence-electron chi connectivity index (χ0n) is 16.5. The first-order chi connectivity index (χ1) is 14.6. The Morgan fingerprint density at radius 3 is 2.67 bits per heavy atom. The van der Waals surface area contributed by atoms with Gasteiger partial charge in [0, 0.05) is 15.6 Å². The van der Waals surface area contributed by atoms with E-state index >= 15 is 0 Å². The summed E-state index contributed by atoms with van der Waals surface area (Å²) in [4.78, 5) is 16.7. The van der Waals surface area contributed by atoms with Gasteiger partial charge in [0.2, 0.25) is 5.90 Å². The van der Waals surface area contributed by atoms with E-state index < -0.39 is 5.97 Å². The van der Waals surface area contributed by atoms with Gasteiger partial charge in [0.05, 0.1) is 6.61 Å². The minimum absolute atomic E-state index is 0.280. The van der Waals surface area contributed by atoms with Crippen molar-refractivity contribution in [2.24, 2.45) is 4.99 Å². The van der Waals surface area contributed by atoms with E-state index in [1.807, 2.05) is 67.6 Å². The topological polar surface area (TPSA) is 47.9 Å². The van der Waals surface area contributed by atoms with Gasteiger partial charge in [-0.2, -0.15) is 0 Å². The lowest BCUT2D eigenvalue weighted by atomic mass is 10.1. The van der Waals surface area contributed by atoms with E-state index in [2.05, 4.69) is 39.7 Å². The summed E-state index contributed by atoms with van der Waals surface area (Å²) in [5.74, 6) is 0.640. The third kappa shape index (κ3) is 4.97. The molecule has 0 fully saturated rings. The number of rotatable bonds is 6. The second-order valence-corrected chi connectivity index (χ2v) is 8.12. The molecular weight excluding hydrogens is 489 g/mol. The van der Waals surface area contributed by atoms with Crippen LogP contribution in [0.4, 0.5) is 0 Å². The summed E-state index contributed by atoms with van der Waals surface area (Å²) in [6, 6.07) is 23.7. The highest BCUT2D eigenvalue weighted by molar-refractivity contribution is 14.1. The first kappa shape index (κ1) is 20.3. The van der Waals surface area contributed by atoms with Gasteiger partial charge in [-0.15, -0.1) is 0 Å². The third-order valence-electron chi connectivity index (χ3n) is 4.69. The van der Waals surface area contributed by atoms with Crippen LogP contribution in [0, 0.1) is 10.5 Å². The quantitative estimate of drug-likeness (QED) is 0.248. The van der Waals surface area contributed by atoms with E-state index in [0.29, 0.717) is 12.5 Å². The molecule has 0 spiro atoms. The standard InChI is InChI=1S/C25H20INO3/c1-17-14-20(10-11-22(17)26)24-27-23(25(28)30-24)16-19-8-5-9-21(15-19)29-13-12-18-6-3-2-4-7-18/h2-11,14-16H,12-13H2,1H3/b23-16-. The van der Waals surface area contributed by atoms with Gasteiger partial charge < -0.3 is 9.47 Å². The fourth-order valence-electron chi connectivity index (χ4n) is 3.09. The van der Waals surface area contributed by atoms with Crippen molar-refractivity contribution >= 4 is 40.5 Å². The molecule has 0 N–H and O–H groups in total. The Bertz CT molecular complexity index is 1140. The lowest BCUT2D eigenvalue weighted by molar-refractivity contribution is -0.129. The van der Waals surface area contributed by atoms with Gasteiger partial charge in [0.1, 0.15) is 5.75 Å². The average Bonchev–Trinajstić information content (AvgIpc) is 3.11. The number of esters is 1. The molecule has 0 radical (unpaired) electrons. The molecule has 0 atom stereocenters. The summed E-state index contributed by atoms with van der Waals surface area (Å²) in [6.07, 6.45) is 2.56. The van der Waals surface area contributed by atoms with E-state index in [0.717, 1.165) is 32.4 Å². The average molecular weight is 509 g/mol.